The Kier molecular flexibility index (Phi) is 5.56. The molecule has 1 fully saturated rings. The first kappa shape index (κ1) is 21.2. The molecule has 168 valence electrons. The Hall–Kier alpha value is -2.63. The number of hydrogen-bond donors (Lipinski definition) is 0. The van der Waals surface area contributed by atoms with Crippen LogP contribution in [0.15, 0.2) is 42.7 Å². The van der Waals surface area contributed by atoms with E-state index in [9.17, 15) is 0 Å². The van der Waals surface area contributed by atoms with Gasteiger partial charge in [0.15, 0.2) is 0 Å². The van der Waals surface area contributed by atoms with Crippen molar-refractivity contribution >= 4 is 32.6 Å². The fourth-order valence-corrected chi connectivity index (χ4v) is 4.90. The first-order valence-electron chi connectivity index (χ1n) is 11.6. The Labute approximate surface area is 189 Å². The topological polar surface area (TPSA) is 39.5 Å². The molecule has 32 heavy (non-hydrogen) atoms. The zero-order chi connectivity index (χ0) is 22.3. The van der Waals surface area contributed by atoms with E-state index in [0.717, 1.165) is 45.1 Å². The number of aryl methyl sites for hydroxylation is 1. The van der Waals surface area contributed by atoms with Gasteiger partial charge in [0.05, 0.1) is 18.7 Å². The maximum Gasteiger partial charge on any atom is 0.120 e. The summed E-state index contributed by atoms with van der Waals surface area (Å²) >= 11 is 0. The summed E-state index contributed by atoms with van der Waals surface area (Å²) in [6.07, 6.45) is 3.86. The fraction of sp³-hybridized carbons (Fsp3) is 0.444. The van der Waals surface area contributed by atoms with Gasteiger partial charge in [-0.3, -0.25) is 9.88 Å². The van der Waals surface area contributed by atoms with Crippen molar-refractivity contribution in [3.05, 3.63) is 48.3 Å². The molecule has 2 aromatic heterocycles. The lowest BCUT2D eigenvalue weighted by atomic mass is 9.96. The zero-order valence-corrected chi connectivity index (χ0v) is 19.6. The van der Waals surface area contributed by atoms with E-state index in [0.29, 0.717) is 6.61 Å². The minimum Gasteiger partial charge on any atom is -0.492 e. The number of morpholine rings is 1. The van der Waals surface area contributed by atoms with Crippen LogP contribution in [0.5, 0.6) is 5.75 Å². The van der Waals surface area contributed by atoms with Crippen LogP contribution >= 0.6 is 0 Å². The summed E-state index contributed by atoms with van der Waals surface area (Å²) < 4.78 is 14.1. The van der Waals surface area contributed by atoms with Gasteiger partial charge in [-0.25, -0.2) is 0 Å². The van der Waals surface area contributed by atoms with Crippen LogP contribution in [-0.4, -0.2) is 53.9 Å². The Morgan fingerprint density at radius 2 is 1.84 bits per heavy atom. The highest BCUT2D eigenvalue weighted by atomic mass is 16.5. The van der Waals surface area contributed by atoms with Crippen molar-refractivity contribution < 1.29 is 9.47 Å². The Morgan fingerprint density at radius 3 is 2.62 bits per heavy atom. The maximum absolute atomic E-state index is 6.19. The molecule has 0 atom stereocenters. The number of fused-ring (bicyclic) bond motifs is 4. The van der Waals surface area contributed by atoms with E-state index < -0.39 is 0 Å². The average Bonchev–Trinajstić information content (AvgIpc) is 3.06. The van der Waals surface area contributed by atoms with Crippen LogP contribution in [-0.2, 0) is 11.3 Å². The van der Waals surface area contributed by atoms with Crippen molar-refractivity contribution in [2.24, 2.45) is 5.41 Å². The van der Waals surface area contributed by atoms with E-state index in [1.807, 2.05) is 12.4 Å². The van der Waals surface area contributed by atoms with Crippen LogP contribution < -0.4 is 4.74 Å². The molecule has 5 nitrogen and oxygen atoms in total. The minimum atomic E-state index is 0.172. The van der Waals surface area contributed by atoms with Gasteiger partial charge in [0, 0.05) is 60.2 Å². The molecule has 1 aliphatic rings. The number of pyridine rings is 1. The summed E-state index contributed by atoms with van der Waals surface area (Å²) in [5, 5.41) is 4.99. The summed E-state index contributed by atoms with van der Waals surface area (Å²) in [6, 6.07) is 11.0. The molecule has 0 saturated carbocycles. The van der Waals surface area contributed by atoms with Gasteiger partial charge in [-0.1, -0.05) is 20.8 Å². The van der Waals surface area contributed by atoms with E-state index in [1.54, 1.807) is 0 Å². The van der Waals surface area contributed by atoms with Crippen LogP contribution in [0.25, 0.3) is 32.6 Å². The molecule has 5 heteroatoms. The molecule has 5 rings (SSSR count). The lowest BCUT2D eigenvalue weighted by Gasteiger charge is -2.26. The summed E-state index contributed by atoms with van der Waals surface area (Å²) in [4.78, 5) is 6.77. The van der Waals surface area contributed by atoms with Crippen molar-refractivity contribution in [1.82, 2.24) is 14.5 Å². The van der Waals surface area contributed by atoms with E-state index in [4.69, 9.17) is 9.47 Å². The van der Waals surface area contributed by atoms with Crippen LogP contribution in [0.1, 0.15) is 26.3 Å². The molecule has 0 amide bonds. The van der Waals surface area contributed by atoms with Crippen LogP contribution in [0.2, 0.25) is 0 Å². The van der Waals surface area contributed by atoms with Crippen LogP contribution in [0.3, 0.4) is 0 Å². The molecule has 0 radical (unpaired) electrons. The van der Waals surface area contributed by atoms with Crippen molar-refractivity contribution in [2.75, 3.05) is 39.5 Å². The molecule has 3 heterocycles. The normalized spacial score (nSPS) is 15.8. The highest BCUT2D eigenvalue weighted by molar-refractivity contribution is 6.14. The van der Waals surface area contributed by atoms with Crippen LogP contribution in [0.4, 0.5) is 0 Å². The smallest absolute Gasteiger partial charge is 0.120 e. The molecule has 1 saturated heterocycles. The van der Waals surface area contributed by atoms with Gasteiger partial charge in [-0.05, 0) is 53.6 Å². The quantitative estimate of drug-likeness (QED) is 0.424. The molecular formula is C27H33N3O2. The molecular weight excluding hydrogens is 398 g/mol. The summed E-state index contributed by atoms with van der Waals surface area (Å²) in [5.74, 6) is 0.935. The highest BCUT2D eigenvalue weighted by Gasteiger charge is 2.20. The van der Waals surface area contributed by atoms with E-state index >= 15 is 0 Å². The molecule has 0 spiro atoms. The molecule has 0 bridgehead atoms. The first-order chi connectivity index (χ1) is 15.4. The highest BCUT2D eigenvalue weighted by Crippen LogP contribution is 2.38. The first-order valence-corrected chi connectivity index (χ1v) is 11.6. The third-order valence-electron chi connectivity index (χ3n) is 6.40. The minimum absolute atomic E-state index is 0.172. The van der Waals surface area contributed by atoms with Gasteiger partial charge >= 0.3 is 0 Å². The number of rotatable bonds is 5. The van der Waals surface area contributed by atoms with Crippen molar-refractivity contribution in [3.8, 4) is 5.75 Å². The monoisotopic (exact) mass is 431 g/mol. The predicted molar refractivity (Wildman–Crippen MR) is 132 cm³/mol. The molecule has 1 aliphatic heterocycles. The summed E-state index contributed by atoms with van der Waals surface area (Å²) in [7, 11) is 0. The second-order valence-electron chi connectivity index (χ2n) is 10.1. The number of nitrogens with zero attached hydrogens (tertiary/aromatic N) is 3. The van der Waals surface area contributed by atoms with Gasteiger partial charge in [0.2, 0.25) is 0 Å². The van der Waals surface area contributed by atoms with E-state index in [-0.39, 0.29) is 5.41 Å². The van der Waals surface area contributed by atoms with E-state index in [1.165, 1.54) is 38.1 Å². The molecule has 2 aromatic carbocycles. The summed E-state index contributed by atoms with van der Waals surface area (Å²) in [5.41, 5.74) is 4.07. The van der Waals surface area contributed by atoms with Gasteiger partial charge < -0.3 is 14.0 Å². The van der Waals surface area contributed by atoms with E-state index in [2.05, 4.69) is 72.5 Å². The van der Waals surface area contributed by atoms with Crippen LogP contribution in [0, 0.1) is 12.3 Å². The van der Waals surface area contributed by atoms with Crippen molar-refractivity contribution in [1.29, 1.82) is 0 Å². The van der Waals surface area contributed by atoms with Gasteiger partial charge in [-0.2, -0.15) is 0 Å². The van der Waals surface area contributed by atoms with Gasteiger partial charge in [-0.15, -0.1) is 0 Å². The fourth-order valence-electron chi connectivity index (χ4n) is 4.90. The lowest BCUT2D eigenvalue weighted by Crippen LogP contribution is -2.38. The zero-order valence-electron chi connectivity index (χ0n) is 19.6. The SMILES string of the molecule is Cc1c2ccncc2cc2c3cc(OCCN4CCOCC4)ccc3n(CC(C)(C)C)c12. The predicted octanol–water partition coefficient (Wildman–Crippen LogP) is 5.41. The Balaban J connectivity index is 1.57. The number of benzene rings is 2. The number of hydrogen-bond acceptors (Lipinski definition) is 4. The summed E-state index contributed by atoms with van der Waals surface area (Å²) in [6.45, 7) is 15.3. The largest absolute Gasteiger partial charge is 0.492 e. The lowest BCUT2D eigenvalue weighted by molar-refractivity contribution is 0.0322. The second kappa shape index (κ2) is 8.38. The Bertz CT molecular complexity index is 1260. The van der Waals surface area contributed by atoms with Crippen molar-refractivity contribution in [2.45, 2.75) is 34.2 Å². The number of aromatic nitrogens is 2. The molecule has 0 aliphatic carbocycles. The van der Waals surface area contributed by atoms with Crippen molar-refractivity contribution in [3.63, 3.8) is 0 Å². The average molecular weight is 432 g/mol. The molecule has 0 N–H and O–H groups in total. The standard InChI is InChI=1S/C27H33N3O2/c1-19-22-7-8-28-17-20(22)15-24-23-16-21(32-14-11-29-9-12-31-13-10-29)5-6-25(23)30(26(19)24)18-27(2,3)4/h5-8,15-17H,9-14,18H2,1-4H3. The third-order valence-corrected chi connectivity index (χ3v) is 6.40. The van der Waals surface area contributed by atoms with Gasteiger partial charge in [0.25, 0.3) is 0 Å². The number of ether oxygens (including phenoxy) is 2. The Morgan fingerprint density at radius 1 is 1.03 bits per heavy atom. The molecule has 4 aromatic rings. The second-order valence-corrected chi connectivity index (χ2v) is 10.1. The molecule has 0 unspecified atom stereocenters. The third kappa shape index (κ3) is 4.07. The maximum atomic E-state index is 6.19. The van der Waals surface area contributed by atoms with Gasteiger partial charge in [0.1, 0.15) is 12.4 Å².